The molecule has 240 valence electrons. The molecule has 0 heterocycles. The number of nitrogens with zero attached hydrogens (tertiary/aromatic N) is 1. The molecule has 0 bridgehead atoms. The summed E-state index contributed by atoms with van der Waals surface area (Å²) in [6, 6.07) is 63.5. The fourth-order valence-electron chi connectivity index (χ4n) is 6.46. The van der Waals surface area contributed by atoms with E-state index in [1.807, 2.05) is 0 Å². The molecule has 0 amide bonds. The van der Waals surface area contributed by atoms with Crippen LogP contribution >= 0.6 is 7.26 Å². The minimum absolute atomic E-state index is 0.654. The van der Waals surface area contributed by atoms with Crippen LogP contribution in [0.5, 0.6) is 5.75 Å². The van der Waals surface area contributed by atoms with Crippen molar-refractivity contribution in [1.82, 2.24) is 4.90 Å². The van der Waals surface area contributed by atoms with Gasteiger partial charge in [0.25, 0.3) is 0 Å². The monoisotopic (exact) mass is 645 g/mol. The fraction of sp³-hybridized carbons (Fsp3) is 0.111. The summed E-state index contributed by atoms with van der Waals surface area (Å²) in [6.45, 7) is 1.53. The Labute approximate surface area is 287 Å². The van der Waals surface area contributed by atoms with Crippen LogP contribution in [0.3, 0.4) is 0 Å². The molecule has 0 aromatic heterocycles. The fourth-order valence-corrected chi connectivity index (χ4v) is 10.9. The maximum absolute atomic E-state index is 6.06. The van der Waals surface area contributed by atoms with E-state index in [0.29, 0.717) is 6.61 Å². The van der Waals surface area contributed by atoms with Gasteiger partial charge >= 0.3 is 269 Å². The van der Waals surface area contributed by atoms with Gasteiger partial charge in [-0.2, -0.15) is 0 Å². The molecule has 0 radical (unpaired) electrons. The summed E-state index contributed by atoms with van der Waals surface area (Å²) in [7, 11) is 1.68. The van der Waals surface area contributed by atoms with Gasteiger partial charge in [0.1, 0.15) is 0 Å². The molecule has 6 aromatic rings. The SMILES string of the molecule is CN(C)CCOc1ccc(/C(=C(/C=CC[PH](c2ccccc2)(c2ccccc2)c2ccccc2)c2ccccc2)c2ccccc2)cc1. The predicted molar refractivity (Wildman–Crippen MR) is 210 cm³/mol. The van der Waals surface area contributed by atoms with E-state index >= 15 is 0 Å². The molecule has 0 aliphatic rings. The van der Waals surface area contributed by atoms with Crippen LogP contribution in [-0.4, -0.2) is 38.3 Å². The molecule has 0 aliphatic heterocycles. The van der Waals surface area contributed by atoms with Gasteiger partial charge in [-0.05, 0) is 14.1 Å². The molecule has 0 spiro atoms. The zero-order chi connectivity index (χ0) is 33.0. The van der Waals surface area contributed by atoms with Gasteiger partial charge < -0.3 is 4.90 Å². The van der Waals surface area contributed by atoms with Gasteiger partial charge in [-0.15, -0.1) is 0 Å². The van der Waals surface area contributed by atoms with Gasteiger partial charge in [0.15, 0.2) is 0 Å². The Bertz CT molecular complexity index is 1810. The third kappa shape index (κ3) is 7.75. The first-order valence-corrected chi connectivity index (χ1v) is 18.9. The Hall–Kier alpha value is -5.01. The van der Waals surface area contributed by atoms with Crippen molar-refractivity contribution in [2.75, 3.05) is 33.4 Å². The van der Waals surface area contributed by atoms with Crippen LogP contribution in [0, 0.1) is 0 Å². The zero-order valence-corrected chi connectivity index (χ0v) is 28.9. The third-order valence-electron chi connectivity index (χ3n) is 8.88. The van der Waals surface area contributed by atoms with E-state index in [1.54, 1.807) is 0 Å². The van der Waals surface area contributed by atoms with Crippen LogP contribution in [0.2, 0.25) is 0 Å². The van der Waals surface area contributed by atoms with Crippen LogP contribution in [0.15, 0.2) is 188 Å². The van der Waals surface area contributed by atoms with Gasteiger partial charge in [-0.3, -0.25) is 0 Å². The molecule has 0 atom stereocenters. The number of allylic oxidation sites excluding steroid dienone is 3. The molecule has 0 N–H and O–H groups in total. The first kappa shape index (κ1) is 32.9. The van der Waals surface area contributed by atoms with Crippen molar-refractivity contribution in [3.05, 3.63) is 205 Å². The van der Waals surface area contributed by atoms with Crippen molar-refractivity contribution in [3.8, 4) is 5.75 Å². The Balaban J connectivity index is 1.50. The van der Waals surface area contributed by atoms with Gasteiger partial charge in [0, 0.05) is 0 Å². The molecular formula is C45H44NOP. The van der Waals surface area contributed by atoms with Crippen molar-refractivity contribution in [2.24, 2.45) is 0 Å². The van der Waals surface area contributed by atoms with Crippen LogP contribution in [0.4, 0.5) is 0 Å². The van der Waals surface area contributed by atoms with Crippen molar-refractivity contribution < 1.29 is 4.74 Å². The topological polar surface area (TPSA) is 12.5 Å². The Morgan fingerprint density at radius 1 is 0.521 bits per heavy atom. The van der Waals surface area contributed by atoms with Crippen LogP contribution in [0.1, 0.15) is 16.7 Å². The van der Waals surface area contributed by atoms with Crippen molar-refractivity contribution in [3.63, 3.8) is 0 Å². The molecule has 2 nitrogen and oxygen atoms in total. The van der Waals surface area contributed by atoms with E-state index in [1.165, 1.54) is 38.2 Å². The third-order valence-corrected chi connectivity index (χ3v) is 13.7. The van der Waals surface area contributed by atoms with Crippen LogP contribution in [-0.2, 0) is 0 Å². The normalized spacial score (nSPS) is 12.6. The summed E-state index contributed by atoms with van der Waals surface area (Å²) in [5.74, 6) is 0.884. The molecular weight excluding hydrogens is 601 g/mol. The summed E-state index contributed by atoms with van der Waals surface area (Å²) in [5, 5.41) is 4.22. The van der Waals surface area contributed by atoms with Gasteiger partial charge in [-0.1, -0.05) is 0 Å². The standard InChI is InChI=1S/C45H44NOP/c1-46(2)34-35-47-40-32-30-39(31-33-40)45(38-21-10-4-11-22-38)44(37-19-8-3-9-20-37)29-18-36-48(41-23-12-5-13-24-41,42-25-14-6-15-26-42)43-27-16-7-17-28-43/h3-33,48H,34-36H2,1-2H3/b29-18?,45-44-. The van der Waals surface area contributed by atoms with E-state index in [0.717, 1.165) is 24.0 Å². The first-order chi connectivity index (χ1) is 23.6. The van der Waals surface area contributed by atoms with Crippen molar-refractivity contribution in [1.29, 1.82) is 0 Å². The van der Waals surface area contributed by atoms with E-state index in [2.05, 4.69) is 207 Å². The second kappa shape index (κ2) is 16.2. The van der Waals surface area contributed by atoms with Crippen molar-refractivity contribution in [2.45, 2.75) is 0 Å². The average molecular weight is 646 g/mol. The molecule has 0 fully saturated rings. The number of ether oxygens (including phenoxy) is 1. The van der Waals surface area contributed by atoms with E-state index in [9.17, 15) is 0 Å². The van der Waals surface area contributed by atoms with Crippen LogP contribution in [0.25, 0.3) is 11.1 Å². The molecule has 0 aliphatic carbocycles. The van der Waals surface area contributed by atoms with Crippen molar-refractivity contribution >= 4 is 34.3 Å². The summed E-state index contributed by atoms with van der Waals surface area (Å²) in [5.41, 5.74) is 5.91. The summed E-state index contributed by atoms with van der Waals surface area (Å²) in [4.78, 5) is 2.13. The number of hydrogen-bond donors (Lipinski definition) is 0. The van der Waals surface area contributed by atoms with Crippen LogP contribution < -0.4 is 20.7 Å². The molecule has 6 aromatic carbocycles. The molecule has 3 heteroatoms. The second-order valence-electron chi connectivity index (χ2n) is 12.3. The van der Waals surface area contributed by atoms with E-state index in [4.69, 9.17) is 4.74 Å². The molecule has 0 saturated heterocycles. The maximum atomic E-state index is 6.06. The summed E-state index contributed by atoms with van der Waals surface area (Å²) >= 11 is 0. The Morgan fingerprint density at radius 2 is 0.938 bits per heavy atom. The number of hydrogen-bond acceptors (Lipinski definition) is 2. The summed E-state index contributed by atoms with van der Waals surface area (Å²) in [6.07, 6.45) is 5.72. The Morgan fingerprint density at radius 3 is 1.40 bits per heavy atom. The van der Waals surface area contributed by atoms with Gasteiger partial charge in [0.2, 0.25) is 0 Å². The molecule has 0 saturated carbocycles. The molecule has 0 unspecified atom stereocenters. The average Bonchev–Trinajstić information content (AvgIpc) is 3.15. The zero-order valence-electron chi connectivity index (χ0n) is 27.9. The number of likely N-dealkylation sites (N-methyl/N-ethyl adjacent to an activating group) is 1. The summed E-state index contributed by atoms with van der Waals surface area (Å²) < 4.78 is 6.06. The van der Waals surface area contributed by atoms with E-state index < -0.39 is 7.26 Å². The molecule has 48 heavy (non-hydrogen) atoms. The second-order valence-corrected chi connectivity index (χ2v) is 16.3. The minimum atomic E-state index is -2.44. The quantitative estimate of drug-likeness (QED) is 0.0707. The molecule has 6 rings (SSSR count). The number of rotatable bonds is 13. The first-order valence-electron chi connectivity index (χ1n) is 16.7. The Kier molecular flexibility index (Phi) is 11.1. The number of benzene rings is 6. The van der Waals surface area contributed by atoms with Gasteiger partial charge in [0.05, 0.1) is 0 Å². The predicted octanol–water partition coefficient (Wildman–Crippen LogP) is 8.87. The van der Waals surface area contributed by atoms with Gasteiger partial charge in [-0.25, -0.2) is 0 Å². The van der Waals surface area contributed by atoms with E-state index in [-0.39, 0.29) is 0 Å².